The maximum absolute atomic E-state index is 13.8. The molecular weight excluding hydrogens is 251 g/mol. The fourth-order valence-corrected chi connectivity index (χ4v) is 2.38. The summed E-state index contributed by atoms with van der Waals surface area (Å²) in [5, 5.41) is 9.15. The molecule has 19 heavy (non-hydrogen) atoms. The van der Waals surface area contributed by atoms with Crippen molar-refractivity contribution in [2.45, 2.75) is 31.8 Å². The van der Waals surface area contributed by atoms with Crippen LogP contribution in [0.3, 0.4) is 0 Å². The highest BCUT2D eigenvalue weighted by Crippen LogP contribution is 2.30. The summed E-state index contributed by atoms with van der Waals surface area (Å²) in [5.41, 5.74) is 6.22. The fraction of sp³-hybridized carbons (Fsp3) is 0.462. The zero-order valence-corrected chi connectivity index (χ0v) is 10.8. The van der Waals surface area contributed by atoms with Crippen LogP contribution in [0.2, 0.25) is 0 Å². The van der Waals surface area contributed by atoms with Crippen molar-refractivity contribution in [3.8, 4) is 5.75 Å². The predicted octanol–water partition coefficient (Wildman–Crippen LogP) is 1.26. The van der Waals surface area contributed by atoms with Crippen LogP contribution in [-0.4, -0.2) is 29.8 Å². The molecule has 2 rings (SSSR count). The number of aliphatic carboxylic acids is 1. The predicted molar refractivity (Wildman–Crippen MR) is 67.5 cm³/mol. The molecule has 6 heteroatoms. The van der Waals surface area contributed by atoms with Crippen molar-refractivity contribution < 1.29 is 19.0 Å². The molecular formula is C13H17FN2O3. The average Bonchev–Trinajstić information content (AvgIpc) is 2.74. The summed E-state index contributed by atoms with van der Waals surface area (Å²) in [6, 6.07) is 3.72. The smallest absolute Gasteiger partial charge is 0.322 e. The number of hydrazine groups is 1. The average molecular weight is 268 g/mol. The molecule has 1 heterocycles. The third-order valence-corrected chi connectivity index (χ3v) is 3.27. The van der Waals surface area contributed by atoms with E-state index in [4.69, 9.17) is 9.84 Å². The van der Waals surface area contributed by atoms with E-state index in [2.05, 4.69) is 10.9 Å². The number of rotatable bonds is 4. The van der Waals surface area contributed by atoms with E-state index in [0.717, 1.165) is 0 Å². The van der Waals surface area contributed by atoms with Gasteiger partial charge in [-0.25, -0.2) is 9.82 Å². The Morgan fingerprint density at radius 2 is 2.21 bits per heavy atom. The number of benzene rings is 1. The summed E-state index contributed by atoms with van der Waals surface area (Å²) < 4.78 is 19.0. The van der Waals surface area contributed by atoms with Crippen LogP contribution in [0.15, 0.2) is 18.2 Å². The van der Waals surface area contributed by atoms with Crippen LogP contribution in [0.5, 0.6) is 5.75 Å². The first-order chi connectivity index (χ1) is 9.04. The van der Waals surface area contributed by atoms with Gasteiger partial charge in [-0.2, -0.15) is 0 Å². The zero-order valence-electron chi connectivity index (χ0n) is 10.8. The van der Waals surface area contributed by atoms with Crippen molar-refractivity contribution in [1.29, 1.82) is 0 Å². The fourth-order valence-electron chi connectivity index (χ4n) is 2.38. The molecule has 0 radical (unpaired) electrons. The highest BCUT2D eigenvalue weighted by molar-refractivity contribution is 5.75. The third kappa shape index (κ3) is 2.69. The normalized spacial score (nSPS) is 26.4. The molecule has 0 aliphatic carbocycles. The Hall–Kier alpha value is -1.66. The molecule has 1 aromatic rings. The molecule has 0 bridgehead atoms. The topological polar surface area (TPSA) is 70.6 Å². The van der Waals surface area contributed by atoms with Gasteiger partial charge in [0.15, 0.2) is 11.6 Å². The van der Waals surface area contributed by atoms with E-state index in [1.807, 2.05) is 6.92 Å². The van der Waals surface area contributed by atoms with Crippen molar-refractivity contribution in [3.05, 3.63) is 29.6 Å². The Kier molecular flexibility index (Phi) is 4.01. The van der Waals surface area contributed by atoms with Crippen molar-refractivity contribution in [3.63, 3.8) is 0 Å². The van der Waals surface area contributed by atoms with Gasteiger partial charge in [0.1, 0.15) is 6.04 Å². The molecule has 1 aromatic carbocycles. The standard InChI is InChI=1S/C13H17FN2O3/c1-3-19-10-5-4-8(6-9(10)14)11-7(2)15-16-12(11)13(17)18/h4-7,11-12,15-16H,3H2,1-2H3,(H,17,18). The molecule has 1 fully saturated rings. The second-order valence-electron chi connectivity index (χ2n) is 4.54. The summed E-state index contributed by atoms with van der Waals surface area (Å²) in [5.74, 6) is -1.58. The van der Waals surface area contributed by atoms with Crippen molar-refractivity contribution in [2.24, 2.45) is 0 Å². The van der Waals surface area contributed by atoms with Crippen LogP contribution in [-0.2, 0) is 4.79 Å². The first-order valence-corrected chi connectivity index (χ1v) is 6.20. The van der Waals surface area contributed by atoms with Gasteiger partial charge < -0.3 is 9.84 Å². The van der Waals surface area contributed by atoms with Gasteiger partial charge in [-0.15, -0.1) is 0 Å². The van der Waals surface area contributed by atoms with Crippen LogP contribution in [0.1, 0.15) is 25.3 Å². The summed E-state index contributed by atoms with van der Waals surface area (Å²) in [6.07, 6.45) is 0. The Labute approximate surface area is 110 Å². The van der Waals surface area contributed by atoms with E-state index >= 15 is 0 Å². The molecule has 0 amide bonds. The lowest BCUT2D eigenvalue weighted by molar-refractivity contribution is -0.139. The summed E-state index contributed by atoms with van der Waals surface area (Å²) in [7, 11) is 0. The van der Waals surface area contributed by atoms with E-state index in [1.54, 1.807) is 13.0 Å². The number of hydrogen-bond donors (Lipinski definition) is 3. The lowest BCUT2D eigenvalue weighted by Crippen LogP contribution is -2.38. The van der Waals surface area contributed by atoms with Crippen molar-refractivity contribution in [2.75, 3.05) is 6.61 Å². The van der Waals surface area contributed by atoms with E-state index in [-0.39, 0.29) is 17.7 Å². The second-order valence-corrected chi connectivity index (χ2v) is 4.54. The van der Waals surface area contributed by atoms with Crippen molar-refractivity contribution in [1.82, 2.24) is 10.9 Å². The monoisotopic (exact) mass is 268 g/mol. The molecule has 3 unspecified atom stereocenters. The summed E-state index contributed by atoms with van der Waals surface area (Å²) >= 11 is 0. The van der Waals surface area contributed by atoms with Crippen LogP contribution >= 0.6 is 0 Å². The summed E-state index contributed by atoms with van der Waals surface area (Å²) in [6.45, 7) is 4.02. The van der Waals surface area contributed by atoms with Crippen LogP contribution < -0.4 is 15.6 Å². The molecule has 1 saturated heterocycles. The number of carboxylic acid groups (broad SMARTS) is 1. The molecule has 3 N–H and O–H groups in total. The number of carboxylic acids is 1. The van der Waals surface area contributed by atoms with Gasteiger partial charge >= 0.3 is 5.97 Å². The second kappa shape index (κ2) is 5.54. The minimum absolute atomic E-state index is 0.0987. The number of ether oxygens (including phenoxy) is 1. The first-order valence-electron chi connectivity index (χ1n) is 6.20. The van der Waals surface area contributed by atoms with E-state index in [0.29, 0.717) is 12.2 Å². The Bertz CT molecular complexity index is 481. The number of halogens is 1. The zero-order chi connectivity index (χ0) is 14.0. The Balaban J connectivity index is 2.30. The largest absolute Gasteiger partial charge is 0.491 e. The van der Waals surface area contributed by atoms with Gasteiger partial charge in [-0.3, -0.25) is 10.2 Å². The van der Waals surface area contributed by atoms with Gasteiger partial charge in [-0.1, -0.05) is 6.07 Å². The van der Waals surface area contributed by atoms with Gasteiger partial charge in [0.25, 0.3) is 0 Å². The van der Waals surface area contributed by atoms with Crippen LogP contribution in [0, 0.1) is 5.82 Å². The lowest BCUT2D eigenvalue weighted by Gasteiger charge is -2.19. The molecule has 5 nitrogen and oxygen atoms in total. The number of hydrogen-bond acceptors (Lipinski definition) is 4. The SMILES string of the molecule is CCOc1ccc(C2C(C)NNC2C(=O)O)cc1F. The molecule has 3 atom stereocenters. The Morgan fingerprint density at radius 3 is 2.79 bits per heavy atom. The highest BCUT2D eigenvalue weighted by Gasteiger charge is 2.39. The Morgan fingerprint density at radius 1 is 1.47 bits per heavy atom. The van der Waals surface area contributed by atoms with E-state index < -0.39 is 17.8 Å². The van der Waals surface area contributed by atoms with Gasteiger partial charge in [0, 0.05) is 12.0 Å². The maximum Gasteiger partial charge on any atom is 0.322 e. The molecule has 1 aliphatic heterocycles. The highest BCUT2D eigenvalue weighted by atomic mass is 19.1. The quantitative estimate of drug-likeness (QED) is 0.767. The third-order valence-electron chi connectivity index (χ3n) is 3.27. The molecule has 0 spiro atoms. The molecule has 0 saturated carbocycles. The van der Waals surface area contributed by atoms with E-state index in [9.17, 15) is 9.18 Å². The van der Waals surface area contributed by atoms with Gasteiger partial charge in [-0.05, 0) is 31.5 Å². The number of nitrogens with one attached hydrogen (secondary N) is 2. The number of carbonyl (C=O) groups is 1. The molecule has 0 aromatic heterocycles. The van der Waals surface area contributed by atoms with Crippen molar-refractivity contribution >= 4 is 5.97 Å². The van der Waals surface area contributed by atoms with E-state index in [1.165, 1.54) is 12.1 Å². The van der Waals surface area contributed by atoms with Gasteiger partial charge in [0.2, 0.25) is 0 Å². The van der Waals surface area contributed by atoms with Crippen LogP contribution in [0.25, 0.3) is 0 Å². The first kappa shape index (κ1) is 13.8. The molecule has 1 aliphatic rings. The minimum atomic E-state index is -0.962. The minimum Gasteiger partial charge on any atom is -0.491 e. The maximum atomic E-state index is 13.8. The lowest BCUT2D eigenvalue weighted by atomic mass is 9.88. The summed E-state index contributed by atoms with van der Waals surface area (Å²) in [4.78, 5) is 11.2. The van der Waals surface area contributed by atoms with Crippen LogP contribution in [0.4, 0.5) is 4.39 Å². The molecule has 104 valence electrons. The van der Waals surface area contributed by atoms with Gasteiger partial charge in [0.05, 0.1) is 6.61 Å².